The number of ether oxygens (including phenoxy) is 2. The van der Waals surface area contributed by atoms with E-state index in [1.807, 2.05) is 6.92 Å². The molecule has 1 unspecified atom stereocenters. The number of carbonyl (C=O) groups excluding carboxylic acids is 1. The summed E-state index contributed by atoms with van der Waals surface area (Å²) in [6.45, 7) is 5.21. The van der Waals surface area contributed by atoms with Gasteiger partial charge in [0.15, 0.2) is 5.11 Å². The number of carbonyl (C=O) groups is 1. The van der Waals surface area contributed by atoms with Gasteiger partial charge in [-0.1, -0.05) is 0 Å². The standard InChI is InChI=1S/C10H20N2O3S/c1-4-15-9(13)5-6-11-10(16)12-8(2)7-14-3/h8H,4-7H2,1-3H3,(H2,11,12,16). The smallest absolute Gasteiger partial charge is 0.307 e. The second kappa shape index (κ2) is 9.35. The van der Waals surface area contributed by atoms with E-state index in [-0.39, 0.29) is 12.0 Å². The lowest BCUT2D eigenvalue weighted by Gasteiger charge is -2.15. The molecular weight excluding hydrogens is 228 g/mol. The molecule has 0 spiro atoms. The minimum atomic E-state index is -0.220. The van der Waals surface area contributed by atoms with Crippen LogP contribution in [0.3, 0.4) is 0 Å². The first-order valence-electron chi connectivity index (χ1n) is 5.29. The third-order valence-electron chi connectivity index (χ3n) is 1.71. The van der Waals surface area contributed by atoms with Crippen molar-refractivity contribution < 1.29 is 14.3 Å². The Hall–Kier alpha value is -0.880. The summed E-state index contributed by atoms with van der Waals surface area (Å²) >= 11 is 5.03. The molecule has 0 rings (SSSR count). The summed E-state index contributed by atoms with van der Waals surface area (Å²) in [7, 11) is 1.63. The number of rotatable bonds is 7. The molecule has 0 aliphatic rings. The molecule has 6 heteroatoms. The van der Waals surface area contributed by atoms with Crippen LogP contribution in [0.2, 0.25) is 0 Å². The molecule has 0 fully saturated rings. The van der Waals surface area contributed by atoms with Crippen LogP contribution in [-0.4, -0.2) is 44.0 Å². The highest BCUT2D eigenvalue weighted by Gasteiger charge is 2.04. The van der Waals surface area contributed by atoms with Crippen molar-refractivity contribution in [2.45, 2.75) is 26.3 Å². The molecule has 0 aromatic carbocycles. The van der Waals surface area contributed by atoms with Crippen LogP contribution in [0, 0.1) is 0 Å². The van der Waals surface area contributed by atoms with Gasteiger partial charge < -0.3 is 20.1 Å². The molecule has 5 nitrogen and oxygen atoms in total. The van der Waals surface area contributed by atoms with Gasteiger partial charge in [0.2, 0.25) is 0 Å². The van der Waals surface area contributed by atoms with Gasteiger partial charge in [-0.2, -0.15) is 0 Å². The zero-order valence-corrected chi connectivity index (χ0v) is 10.9. The molecule has 0 heterocycles. The summed E-state index contributed by atoms with van der Waals surface area (Å²) in [4.78, 5) is 11.0. The van der Waals surface area contributed by atoms with Gasteiger partial charge in [-0.05, 0) is 26.1 Å². The summed E-state index contributed by atoms with van der Waals surface area (Å²) in [5, 5.41) is 6.48. The number of esters is 1. The van der Waals surface area contributed by atoms with Gasteiger partial charge in [-0.15, -0.1) is 0 Å². The van der Waals surface area contributed by atoms with Crippen molar-refractivity contribution in [2.24, 2.45) is 0 Å². The van der Waals surface area contributed by atoms with E-state index in [0.29, 0.717) is 31.3 Å². The molecule has 0 amide bonds. The fourth-order valence-corrected chi connectivity index (χ4v) is 1.38. The maximum absolute atomic E-state index is 11.0. The number of methoxy groups -OCH3 is 1. The number of hydrogen-bond acceptors (Lipinski definition) is 4. The van der Waals surface area contributed by atoms with Crippen molar-refractivity contribution in [3.63, 3.8) is 0 Å². The second-order valence-electron chi connectivity index (χ2n) is 3.31. The predicted molar refractivity (Wildman–Crippen MR) is 66.3 cm³/mol. The summed E-state index contributed by atoms with van der Waals surface area (Å²) in [5.74, 6) is -0.220. The Bertz CT molecular complexity index is 224. The third kappa shape index (κ3) is 8.43. The van der Waals surface area contributed by atoms with Crippen LogP contribution in [0.15, 0.2) is 0 Å². The zero-order chi connectivity index (χ0) is 12.4. The summed E-state index contributed by atoms with van der Waals surface area (Å²) in [6.07, 6.45) is 0.314. The summed E-state index contributed by atoms with van der Waals surface area (Å²) in [5.41, 5.74) is 0. The Balaban J connectivity index is 3.54. The lowest BCUT2D eigenvalue weighted by Crippen LogP contribution is -2.43. The van der Waals surface area contributed by atoms with Crippen LogP contribution in [0.5, 0.6) is 0 Å². The van der Waals surface area contributed by atoms with Gasteiger partial charge in [0.25, 0.3) is 0 Å². The maximum atomic E-state index is 11.0. The van der Waals surface area contributed by atoms with E-state index in [0.717, 1.165) is 0 Å². The van der Waals surface area contributed by atoms with Crippen LogP contribution in [0.1, 0.15) is 20.3 Å². The highest BCUT2D eigenvalue weighted by molar-refractivity contribution is 7.80. The maximum Gasteiger partial charge on any atom is 0.307 e. The average Bonchev–Trinajstić information content (AvgIpc) is 2.18. The number of thiocarbonyl (C=S) groups is 1. The lowest BCUT2D eigenvalue weighted by molar-refractivity contribution is -0.142. The first-order chi connectivity index (χ1) is 7.60. The highest BCUT2D eigenvalue weighted by Crippen LogP contribution is 1.86. The van der Waals surface area contributed by atoms with Crippen molar-refractivity contribution in [1.82, 2.24) is 10.6 Å². The summed E-state index contributed by atoms with van der Waals surface area (Å²) in [6, 6.07) is 0.146. The molecule has 0 aliphatic heterocycles. The number of nitrogens with one attached hydrogen (secondary N) is 2. The average molecular weight is 248 g/mol. The van der Waals surface area contributed by atoms with Crippen LogP contribution in [0.4, 0.5) is 0 Å². The van der Waals surface area contributed by atoms with Gasteiger partial charge in [-0.25, -0.2) is 0 Å². The zero-order valence-electron chi connectivity index (χ0n) is 10.0. The third-order valence-corrected chi connectivity index (χ3v) is 1.98. The van der Waals surface area contributed by atoms with Crippen molar-refractivity contribution in [3.8, 4) is 0 Å². The first-order valence-corrected chi connectivity index (χ1v) is 5.69. The normalized spacial score (nSPS) is 11.7. The van der Waals surface area contributed by atoms with Gasteiger partial charge in [0.1, 0.15) is 0 Å². The molecule has 0 aliphatic carbocycles. The van der Waals surface area contributed by atoms with E-state index in [9.17, 15) is 4.79 Å². The second-order valence-corrected chi connectivity index (χ2v) is 3.72. The Morgan fingerprint density at radius 2 is 2.19 bits per heavy atom. The molecular formula is C10H20N2O3S. The van der Waals surface area contributed by atoms with Gasteiger partial charge in [0, 0.05) is 19.7 Å². The molecule has 0 saturated carbocycles. The van der Waals surface area contributed by atoms with E-state index in [1.165, 1.54) is 0 Å². The highest BCUT2D eigenvalue weighted by atomic mass is 32.1. The van der Waals surface area contributed by atoms with Crippen molar-refractivity contribution in [3.05, 3.63) is 0 Å². The van der Waals surface area contributed by atoms with Crippen LogP contribution < -0.4 is 10.6 Å². The van der Waals surface area contributed by atoms with E-state index in [4.69, 9.17) is 21.7 Å². The summed E-state index contributed by atoms with van der Waals surface area (Å²) < 4.78 is 9.74. The molecule has 0 aromatic heterocycles. The fraction of sp³-hybridized carbons (Fsp3) is 0.800. The van der Waals surface area contributed by atoms with E-state index < -0.39 is 0 Å². The quantitative estimate of drug-likeness (QED) is 0.503. The van der Waals surface area contributed by atoms with Crippen LogP contribution in [-0.2, 0) is 14.3 Å². The molecule has 16 heavy (non-hydrogen) atoms. The fourth-order valence-electron chi connectivity index (χ4n) is 1.08. The first kappa shape index (κ1) is 15.1. The minimum absolute atomic E-state index is 0.146. The molecule has 0 radical (unpaired) electrons. The minimum Gasteiger partial charge on any atom is -0.466 e. The lowest BCUT2D eigenvalue weighted by atomic mass is 10.4. The van der Waals surface area contributed by atoms with Crippen LogP contribution >= 0.6 is 12.2 Å². The monoisotopic (exact) mass is 248 g/mol. The molecule has 2 N–H and O–H groups in total. The van der Waals surface area contributed by atoms with E-state index in [1.54, 1.807) is 14.0 Å². The van der Waals surface area contributed by atoms with E-state index >= 15 is 0 Å². The Morgan fingerprint density at radius 1 is 1.50 bits per heavy atom. The molecule has 94 valence electrons. The Morgan fingerprint density at radius 3 is 2.75 bits per heavy atom. The van der Waals surface area contributed by atoms with E-state index in [2.05, 4.69) is 10.6 Å². The molecule has 1 atom stereocenters. The van der Waals surface area contributed by atoms with Crippen molar-refractivity contribution in [1.29, 1.82) is 0 Å². The van der Waals surface area contributed by atoms with Crippen LogP contribution in [0.25, 0.3) is 0 Å². The topological polar surface area (TPSA) is 59.6 Å². The largest absolute Gasteiger partial charge is 0.466 e. The van der Waals surface area contributed by atoms with Gasteiger partial charge in [0.05, 0.1) is 19.6 Å². The van der Waals surface area contributed by atoms with Crippen molar-refractivity contribution >= 4 is 23.3 Å². The molecule has 0 bridgehead atoms. The number of hydrogen-bond donors (Lipinski definition) is 2. The predicted octanol–water partition coefficient (Wildman–Crippen LogP) is 0.439. The molecule has 0 saturated heterocycles. The Labute approximate surface area is 102 Å². The molecule has 0 aromatic rings. The Kier molecular flexibility index (Phi) is 8.84. The SMILES string of the molecule is CCOC(=O)CCNC(=S)NC(C)COC. The van der Waals surface area contributed by atoms with Gasteiger partial charge in [-0.3, -0.25) is 4.79 Å². The van der Waals surface area contributed by atoms with Crippen molar-refractivity contribution in [2.75, 3.05) is 26.9 Å². The van der Waals surface area contributed by atoms with Gasteiger partial charge >= 0.3 is 5.97 Å².